The first kappa shape index (κ1) is 13.5. The number of nitrogens with zero attached hydrogens (tertiary/aromatic N) is 1. The Labute approximate surface area is 116 Å². The summed E-state index contributed by atoms with van der Waals surface area (Å²) in [5.74, 6) is 0.747. The Bertz CT molecular complexity index is 561. The Morgan fingerprint density at radius 3 is 2.58 bits per heavy atom. The van der Waals surface area contributed by atoms with Crippen LogP contribution in [0.2, 0.25) is 0 Å². The molecule has 1 heterocycles. The van der Waals surface area contributed by atoms with Crippen LogP contribution in [0.15, 0.2) is 29.6 Å². The molecule has 19 heavy (non-hydrogen) atoms. The zero-order valence-electron chi connectivity index (χ0n) is 11.1. The topological polar surface area (TPSA) is 51.2 Å². The SMILES string of the molecule is COc1ccc(-c2csc(NC(=O)C(C)C)n2)cc1. The van der Waals surface area contributed by atoms with Gasteiger partial charge in [0, 0.05) is 16.9 Å². The third-order valence-electron chi connectivity index (χ3n) is 2.64. The highest BCUT2D eigenvalue weighted by molar-refractivity contribution is 7.14. The van der Waals surface area contributed by atoms with E-state index < -0.39 is 0 Å². The lowest BCUT2D eigenvalue weighted by Gasteiger charge is -2.03. The number of thiazole rings is 1. The summed E-state index contributed by atoms with van der Waals surface area (Å²) in [4.78, 5) is 16.0. The lowest BCUT2D eigenvalue weighted by atomic mass is 10.2. The molecule has 1 aromatic heterocycles. The summed E-state index contributed by atoms with van der Waals surface area (Å²) >= 11 is 1.43. The number of aromatic nitrogens is 1. The Hall–Kier alpha value is -1.88. The highest BCUT2D eigenvalue weighted by atomic mass is 32.1. The minimum absolute atomic E-state index is 0.0179. The molecule has 0 atom stereocenters. The van der Waals surface area contributed by atoms with Crippen molar-refractivity contribution in [3.05, 3.63) is 29.6 Å². The molecule has 4 nitrogen and oxygen atoms in total. The molecule has 0 aliphatic carbocycles. The van der Waals surface area contributed by atoms with Crippen LogP contribution in [0.4, 0.5) is 5.13 Å². The number of hydrogen-bond donors (Lipinski definition) is 1. The molecular weight excluding hydrogens is 260 g/mol. The number of carbonyl (C=O) groups is 1. The van der Waals surface area contributed by atoms with Crippen LogP contribution < -0.4 is 10.1 Å². The molecule has 0 saturated heterocycles. The zero-order valence-corrected chi connectivity index (χ0v) is 12.0. The molecule has 0 fully saturated rings. The number of benzene rings is 1. The fourth-order valence-electron chi connectivity index (χ4n) is 1.48. The Balaban J connectivity index is 2.13. The molecule has 1 N–H and O–H groups in total. The number of nitrogens with one attached hydrogen (secondary N) is 1. The summed E-state index contributed by atoms with van der Waals surface area (Å²) in [6.45, 7) is 3.71. The van der Waals surface area contributed by atoms with Gasteiger partial charge in [0.1, 0.15) is 5.75 Å². The van der Waals surface area contributed by atoms with Gasteiger partial charge in [-0.05, 0) is 24.3 Å². The predicted molar refractivity (Wildman–Crippen MR) is 77.6 cm³/mol. The summed E-state index contributed by atoms with van der Waals surface area (Å²) in [7, 11) is 1.64. The van der Waals surface area contributed by atoms with Crippen molar-refractivity contribution in [2.45, 2.75) is 13.8 Å². The van der Waals surface area contributed by atoms with Crippen LogP contribution in [0, 0.1) is 5.92 Å². The van der Waals surface area contributed by atoms with E-state index in [-0.39, 0.29) is 11.8 Å². The fraction of sp³-hybridized carbons (Fsp3) is 0.286. The van der Waals surface area contributed by atoms with E-state index in [1.54, 1.807) is 7.11 Å². The van der Waals surface area contributed by atoms with Gasteiger partial charge >= 0.3 is 0 Å². The van der Waals surface area contributed by atoms with E-state index in [4.69, 9.17) is 4.74 Å². The number of anilines is 1. The summed E-state index contributed by atoms with van der Waals surface area (Å²) in [6, 6.07) is 7.67. The van der Waals surface area contributed by atoms with Gasteiger partial charge in [-0.25, -0.2) is 4.98 Å². The standard InChI is InChI=1S/C14H16N2O2S/c1-9(2)13(17)16-14-15-12(8-19-14)10-4-6-11(18-3)7-5-10/h4-9H,1-3H3,(H,15,16,17). The van der Waals surface area contributed by atoms with Crippen LogP contribution in [0.5, 0.6) is 5.75 Å². The van der Waals surface area contributed by atoms with Crippen molar-refractivity contribution < 1.29 is 9.53 Å². The largest absolute Gasteiger partial charge is 0.497 e. The fourth-order valence-corrected chi connectivity index (χ4v) is 2.20. The van der Waals surface area contributed by atoms with Crippen molar-refractivity contribution in [1.82, 2.24) is 4.98 Å². The molecule has 5 heteroatoms. The van der Waals surface area contributed by atoms with E-state index in [1.165, 1.54) is 11.3 Å². The van der Waals surface area contributed by atoms with Gasteiger partial charge in [0.25, 0.3) is 0 Å². The third-order valence-corrected chi connectivity index (χ3v) is 3.40. The lowest BCUT2D eigenvalue weighted by Crippen LogP contribution is -2.17. The third kappa shape index (κ3) is 3.32. The van der Waals surface area contributed by atoms with Crippen molar-refractivity contribution >= 4 is 22.4 Å². The van der Waals surface area contributed by atoms with E-state index in [0.717, 1.165) is 17.0 Å². The Morgan fingerprint density at radius 2 is 2.00 bits per heavy atom. The van der Waals surface area contributed by atoms with Gasteiger partial charge < -0.3 is 10.1 Å². The molecule has 0 bridgehead atoms. The van der Waals surface area contributed by atoms with E-state index >= 15 is 0 Å². The molecule has 1 amide bonds. The van der Waals surface area contributed by atoms with Gasteiger partial charge in [-0.1, -0.05) is 13.8 Å². The summed E-state index contributed by atoms with van der Waals surface area (Å²) in [6.07, 6.45) is 0. The van der Waals surface area contributed by atoms with Crippen LogP contribution >= 0.6 is 11.3 Å². The second kappa shape index (κ2) is 5.84. The normalized spacial score (nSPS) is 10.5. The number of carbonyl (C=O) groups excluding carboxylic acids is 1. The Morgan fingerprint density at radius 1 is 1.32 bits per heavy atom. The second-order valence-electron chi connectivity index (χ2n) is 4.41. The van der Waals surface area contributed by atoms with Gasteiger partial charge in [-0.15, -0.1) is 11.3 Å². The van der Waals surface area contributed by atoms with Crippen molar-refractivity contribution in [3.8, 4) is 17.0 Å². The van der Waals surface area contributed by atoms with Crippen LogP contribution in [0.25, 0.3) is 11.3 Å². The van der Waals surface area contributed by atoms with Crippen LogP contribution in [-0.4, -0.2) is 18.0 Å². The minimum Gasteiger partial charge on any atom is -0.497 e. The van der Waals surface area contributed by atoms with Crippen molar-refractivity contribution in [2.24, 2.45) is 5.92 Å². The monoisotopic (exact) mass is 276 g/mol. The molecule has 0 radical (unpaired) electrons. The van der Waals surface area contributed by atoms with Crippen molar-refractivity contribution in [3.63, 3.8) is 0 Å². The average Bonchev–Trinajstić information content (AvgIpc) is 2.87. The van der Waals surface area contributed by atoms with E-state index in [1.807, 2.05) is 43.5 Å². The van der Waals surface area contributed by atoms with Crippen LogP contribution in [-0.2, 0) is 4.79 Å². The van der Waals surface area contributed by atoms with Crippen molar-refractivity contribution in [2.75, 3.05) is 12.4 Å². The van der Waals surface area contributed by atoms with E-state index in [2.05, 4.69) is 10.3 Å². The van der Waals surface area contributed by atoms with E-state index in [9.17, 15) is 4.79 Å². The smallest absolute Gasteiger partial charge is 0.228 e. The van der Waals surface area contributed by atoms with Gasteiger partial charge in [0.15, 0.2) is 5.13 Å². The summed E-state index contributed by atoms with van der Waals surface area (Å²) in [5.41, 5.74) is 1.86. The van der Waals surface area contributed by atoms with Crippen LogP contribution in [0.1, 0.15) is 13.8 Å². The van der Waals surface area contributed by atoms with E-state index in [0.29, 0.717) is 5.13 Å². The molecule has 0 unspecified atom stereocenters. The first-order valence-corrected chi connectivity index (χ1v) is 6.89. The predicted octanol–water partition coefficient (Wildman–Crippen LogP) is 3.41. The number of methoxy groups -OCH3 is 1. The second-order valence-corrected chi connectivity index (χ2v) is 5.27. The lowest BCUT2D eigenvalue weighted by molar-refractivity contribution is -0.118. The molecule has 100 valence electrons. The van der Waals surface area contributed by atoms with Crippen LogP contribution in [0.3, 0.4) is 0 Å². The average molecular weight is 276 g/mol. The zero-order chi connectivity index (χ0) is 13.8. The molecule has 2 aromatic rings. The highest BCUT2D eigenvalue weighted by Gasteiger charge is 2.10. The van der Waals surface area contributed by atoms with Gasteiger partial charge in [-0.2, -0.15) is 0 Å². The summed E-state index contributed by atoms with van der Waals surface area (Å²) in [5, 5.41) is 5.36. The quantitative estimate of drug-likeness (QED) is 0.931. The first-order valence-electron chi connectivity index (χ1n) is 6.01. The molecular formula is C14H16N2O2S. The number of hydrogen-bond acceptors (Lipinski definition) is 4. The maximum absolute atomic E-state index is 11.6. The molecule has 0 aliphatic rings. The number of amides is 1. The number of rotatable bonds is 4. The minimum atomic E-state index is -0.0478. The van der Waals surface area contributed by atoms with Crippen molar-refractivity contribution in [1.29, 1.82) is 0 Å². The molecule has 0 aliphatic heterocycles. The maximum Gasteiger partial charge on any atom is 0.228 e. The molecule has 0 spiro atoms. The highest BCUT2D eigenvalue weighted by Crippen LogP contribution is 2.26. The molecule has 1 aromatic carbocycles. The Kier molecular flexibility index (Phi) is 4.16. The number of ether oxygens (including phenoxy) is 1. The van der Waals surface area contributed by atoms with Gasteiger partial charge in [0.05, 0.1) is 12.8 Å². The maximum atomic E-state index is 11.6. The first-order chi connectivity index (χ1) is 9.10. The molecule has 2 rings (SSSR count). The van der Waals surface area contributed by atoms with Gasteiger partial charge in [0.2, 0.25) is 5.91 Å². The molecule has 0 saturated carbocycles. The van der Waals surface area contributed by atoms with Gasteiger partial charge in [-0.3, -0.25) is 4.79 Å². The summed E-state index contributed by atoms with van der Waals surface area (Å²) < 4.78 is 5.11.